The third-order valence-electron chi connectivity index (χ3n) is 5.69. The number of anilines is 1. The van der Waals surface area contributed by atoms with Crippen LogP contribution in [0.4, 0.5) is 10.1 Å². The van der Waals surface area contributed by atoms with Crippen molar-refractivity contribution in [2.75, 3.05) is 11.4 Å². The molecule has 2 aliphatic rings. The van der Waals surface area contributed by atoms with Gasteiger partial charge in [0.15, 0.2) is 0 Å². The van der Waals surface area contributed by atoms with Crippen LogP contribution in [0.15, 0.2) is 6.07 Å². The summed E-state index contributed by atoms with van der Waals surface area (Å²) in [5.74, 6) is -0.0199. The van der Waals surface area contributed by atoms with E-state index in [1.165, 1.54) is 0 Å². The quantitative estimate of drug-likeness (QED) is 0.463. The minimum atomic E-state index is -0.410. The molecule has 1 aromatic rings. The van der Waals surface area contributed by atoms with Gasteiger partial charge in [0, 0.05) is 24.0 Å². The van der Waals surface area contributed by atoms with E-state index in [1.807, 2.05) is 19.9 Å². The summed E-state index contributed by atoms with van der Waals surface area (Å²) in [4.78, 5) is 1.80. The molecule has 1 N–H and O–H groups in total. The molecular formula is C18H24BClFN3O. The van der Waals surface area contributed by atoms with Crippen LogP contribution in [0, 0.1) is 23.1 Å². The highest BCUT2D eigenvalue weighted by Gasteiger charge is 2.60. The summed E-state index contributed by atoms with van der Waals surface area (Å²) in [7, 11) is 0. The molecule has 0 atom stereocenters. The van der Waals surface area contributed by atoms with E-state index in [-0.39, 0.29) is 22.9 Å². The van der Waals surface area contributed by atoms with Crippen LogP contribution in [0.1, 0.15) is 46.6 Å². The van der Waals surface area contributed by atoms with Gasteiger partial charge in [0.2, 0.25) is 0 Å². The number of nitrogens with one attached hydrogen (secondary N) is 1. The molecule has 25 heavy (non-hydrogen) atoms. The monoisotopic (exact) mass is 363 g/mol. The van der Waals surface area contributed by atoms with E-state index in [0.717, 1.165) is 18.4 Å². The third-order valence-corrected chi connectivity index (χ3v) is 6.04. The summed E-state index contributed by atoms with van der Waals surface area (Å²) < 4.78 is 21.0. The number of amidine groups is 1. The lowest BCUT2D eigenvalue weighted by Gasteiger charge is -2.57. The molecule has 0 aliphatic carbocycles. The number of nitriles is 1. The van der Waals surface area contributed by atoms with E-state index >= 15 is 0 Å². The maximum absolute atomic E-state index is 15.0. The van der Waals surface area contributed by atoms with Gasteiger partial charge < -0.3 is 9.55 Å². The van der Waals surface area contributed by atoms with Gasteiger partial charge in [-0.2, -0.15) is 0 Å². The topological polar surface area (TPSA) is 60.1 Å². The predicted molar refractivity (Wildman–Crippen MR) is 102 cm³/mol. The summed E-state index contributed by atoms with van der Waals surface area (Å²) in [6.45, 7) is 13.9. The van der Waals surface area contributed by atoms with Crippen LogP contribution < -0.4 is 10.4 Å². The molecule has 1 aromatic carbocycles. The van der Waals surface area contributed by atoms with Crippen LogP contribution in [-0.4, -0.2) is 24.9 Å². The van der Waals surface area contributed by atoms with Crippen molar-refractivity contribution in [3.05, 3.63) is 22.5 Å². The molecule has 1 fully saturated rings. The molecule has 0 bridgehead atoms. The Labute approximate surface area is 154 Å². The lowest BCUT2D eigenvalue weighted by Crippen LogP contribution is -2.67. The number of benzene rings is 1. The van der Waals surface area contributed by atoms with Crippen molar-refractivity contribution in [2.24, 2.45) is 0 Å². The number of fused-ring (bicyclic) bond motifs is 1. The molecular weight excluding hydrogens is 339 g/mol. The molecule has 2 aliphatic heterocycles. The van der Waals surface area contributed by atoms with Gasteiger partial charge in [-0.05, 0) is 44.6 Å². The molecule has 0 unspecified atom stereocenters. The number of hydrogen-bond donors (Lipinski definition) is 1. The van der Waals surface area contributed by atoms with Gasteiger partial charge in [-0.25, -0.2) is 9.65 Å². The Bertz CT molecular complexity index is 733. The van der Waals surface area contributed by atoms with Crippen LogP contribution >= 0.6 is 11.6 Å². The van der Waals surface area contributed by atoms with Crippen LogP contribution in [0.2, 0.25) is 10.3 Å². The molecule has 0 spiro atoms. The maximum atomic E-state index is 15.0. The summed E-state index contributed by atoms with van der Waals surface area (Å²) in [6.07, 6.45) is 1.79. The van der Waals surface area contributed by atoms with Gasteiger partial charge in [0.25, 0.3) is 0 Å². The smallest absolute Gasteiger partial charge is 0.338 e. The van der Waals surface area contributed by atoms with Gasteiger partial charge >= 0.3 is 6.92 Å². The van der Waals surface area contributed by atoms with Gasteiger partial charge in [-0.1, -0.05) is 31.5 Å². The summed E-state index contributed by atoms with van der Waals surface area (Å²) in [5.41, 5.74) is 1.92. The van der Waals surface area contributed by atoms with Gasteiger partial charge in [0.05, 0.1) is 16.5 Å². The molecule has 0 amide bonds. The first-order chi connectivity index (χ1) is 11.6. The van der Waals surface area contributed by atoms with Crippen molar-refractivity contribution >= 4 is 35.5 Å². The fraction of sp³-hybridized carbons (Fsp3) is 0.556. The van der Waals surface area contributed by atoms with E-state index in [4.69, 9.17) is 26.9 Å². The molecule has 134 valence electrons. The molecule has 0 radical (unpaired) electrons. The standard InChI is InChI=1S/C17H23BClFN2O.CHN/c1-10(21)22-8-6-7-11-9-12(14(20)13(19)15(11)22)18-16(2,3)17(4,5)23-18;1-2/h9,21H,6-8H2,1-5H3;1H. The van der Waals surface area contributed by atoms with E-state index in [2.05, 4.69) is 20.4 Å². The average Bonchev–Trinajstić information content (AvgIpc) is 2.57. The fourth-order valence-electron chi connectivity index (χ4n) is 3.54. The summed E-state index contributed by atoms with van der Waals surface area (Å²) >= 11 is 6.38. The van der Waals surface area contributed by atoms with E-state index in [0.29, 0.717) is 23.5 Å². The predicted octanol–water partition coefficient (Wildman–Crippen LogP) is 4.16. The fourth-order valence-corrected chi connectivity index (χ4v) is 3.88. The molecule has 4 nitrogen and oxygen atoms in total. The van der Waals surface area contributed by atoms with Crippen LogP contribution in [0.5, 0.6) is 0 Å². The second kappa shape index (κ2) is 6.62. The van der Waals surface area contributed by atoms with Crippen molar-refractivity contribution in [1.82, 2.24) is 0 Å². The molecule has 0 saturated carbocycles. The molecule has 0 aromatic heterocycles. The second-order valence-corrected chi connectivity index (χ2v) is 8.05. The Morgan fingerprint density at radius 3 is 2.48 bits per heavy atom. The highest BCUT2D eigenvalue weighted by atomic mass is 35.5. The SMILES string of the molecule is C#N.CC(=N)N1CCCc2cc(B3OC(C)(C)C3(C)C)c(F)c(Cl)c21. The van der Waals surface area contributed by atoms with Gasteiger partial charge in [-0.3, -0.25) is 5.41 Å². The normalized spacial score (nSPS) is 20.0. The number of nitrogens with zero attached hydrogens (tertiary/aromatic N) is 2. The molecule has 7 heteroatoms. The Morgan fingerprint density at radius 2 is 2.00 bits per heavy atom. The zero-order chi connectivity index (χ0) is 19.2. The average molecular weight is 364 g/mol. The zero-order valence-corrected chi connectivity index (χ0v) is 16.2. The third kappa shape index (κ3) is 2.94. The first-order valence-corrected chi connectivity index (χ1v) is 8.73. The zero-order valence-electron chi connectivity index (χ0n) is 15.4. The number of rotatable bonds is 1. The molecule has 1 saturated heterocycles. The van der Waals surface area contributed by atoms with Crippen molar-refractivity contribution in [3.63, 3.8) is 0 Å². The van der Waals surface area contributed by atoms with Gasteiger partial charge in [-0.15, -0.1) is 0 Å². The van der Waals surface area contributed by atoms with Crippen LogP contribution in [0.25, 0.3) is 0 Å². The highest BCUT2D eigenvalue weighted by Crippen LogP contribution is 2.53. The van der Waals surface area contributed by atoms with Crippen molar-refractivity contribution < 1.29 is 9.04 Å². The number of halogens is 2. The molecule has 2 heterocycles. The molecule has 3 rings (SSSR count). The first kappa shape index (κ1) is 19.7. The second-order valence-electron chi connectivity index (χ2n) is 7.67. The summed E-state index contributed by atoms with van der Waals surface area (Å²) in [5, 5.41) is 14.4. The number of hydrogen-bond acceptors (Lipinski definition) is 3. The van der Waals surface area contributed by atoms with E-state index in [1.54, 1.807) is 11.8 Å². The number of aryl methyl sites for hydroxylation is 1. The van der Waals surface area contributed by atoms with E-state index in [9.17, 15) is 4.39 Å². The van der Waals surface area contributed by atoms with Crippen molar-refractivity contribution in [1.29, 1.82) is 10.7 Å². The van der Waals surface area contributed by atoms with E-state index < -0.39 is 5.82 Å². The lowest BCUT2D eigenvalue weighted by atomic mass is 9.33. The Hall–Kier alpha value is -1.58. The Kier molecular flexibility index (Phi) is 5.23. The first-order valence-electron chi connectivity index (χ1n) is 8.35. The van der Waals surface area contributed by atoms with Crippen LogP contribution in [0.3, 0.4) is 0 Å². The Morgan fingerprint density at radius 1 is 1.40 bits per heavy atom. The van der Waals surface area contributed by atoms with Crippen LogP contribution in [-0.2, 0) is 11.1 Å². The van der Waals surface area contributed by atoms with Gasteiger partial charge in [0.1, 0.15) is 5.82 Å². The minimum Gasteiger partial charge on any atom is -0.425 e. The lowest BCUT2D eigenvalue weighted by molar-refractivity contribution is -0.00965. The maximum Gasteiger partial charge on any atom is 0.338 e. The largest absolute Gasteiger partial charge is 0.425 e. The van der Waals surface area contributed by atoms with Crippen molar-refractivity contribution in [3.8, 4) is 6.57 Å². The van der Waals surface area contributed by atoms with Crippen molar-refractivity contribution in [2.45, 2.75) is 58.4 Å². The highest BCUT2D eigenvalue weighted by molar-refractivity contribution is 6.73. The summed E-state index contributed by atoms with van der Waals surface area (Å²) in [6, 6.07) is 1.90. The Balaban J connectivity index is 0.00000109. The minimum absolute atomic E-state index is 0.118.